The van der Waals surface area contributed by atoms with Gasteiger partial charge >= 0.3 is 0 Å². The Hall–Kier alpha value is 0.610. The van der Waals surface area contributed by atoms with Crippen molar-refractivity contribution in [3.05, 3.63) is 23.7 Å². The third-order valence-electron chi connectivity index (χ3n) is 2.87. The lowest BCUT2D eigenvalue weighted by atomic mass is 10.0. The number of aromatic nitrogens is 2. The quantitative estimate of drug-likeness (QED) is 0.491. The Morgan fingerprint density at radius 2 is 1.75 bits per heavy atom. The van der Waals surface area contributed by atoms with Crippen LogP contribution in [-0.2, 0) is 13.0 Å². The van der Waals surface area contributed by atoms with Crippen LogP contribution in [0.2, 0.25) is 0 Å². The number of nitrogens with zero attached hydrogens (tertiary/aromatic N) is 2. The first kappa shape index (κ1) is 11.7. The summed E-state index contributed by atoms with van der Waals surface area (Å²) in [6.07, 6.45) is 2.25. The second kappa shape index (κ2) is 4.07. The average Bonchev–Trinajstić information content (AvgIpc) is 2.63. The molecule has 6 heteroatoms. The number of aryl methyl sites for hydroxylation is 2. The highest BCUT2D eigenvalue weighted by atomic mass is 79.9. The van der Waals surface area contributed by atoms with Crippen molar-refractivity contribution in [1.82, 2.24) is 9.55 Å². The lowest BCUT2D eigenvalue weighted by Gasteiger charge is -2.18. The summed E-state index contributed by atoms with van der Waals surface area (Å²) in [4.78, 5) is 4.57. The number of rotatable bonds is 0. The van der Waals surface area contributed by atoms with Gasteiger partial charge in [0.25, 0.3) is 0 Å². The molecule has 2 aromatic rings. The molecule has 1 aromatic heterocycles. The van der Waals surface area contributed by atoms with Crippen molar-refractivity contribution in [3.63, 3.8) is 0 Å². The van der Waals surface area contributed by atoms with Crippen molar-refractivity contribution in [2.45, 2.75) is 19.4 Å². The van der Waals surface area contributed by atoms with Crippen LogP contribution in [0.15, 0.2) is 18.2 Å². The highest BCUT2D eigenvalue weighted by Crippen LogP contribution is 2.43. The second-order valence-electron chi connectivity index (χ2n) is 3.75. The molecule has 1 aliphatic heterocycles. The molecule has 0 fully saturated rings. The zero-order valence-corrected chi connectivity index (χ0v) is 14.4. The molecule has 1 aliphatic rings. The van der Waals surface area contributed by atoms with Crippen molar-refractivity contribution in [2.24, 2.45) is 0 Å². The molecule has 2 heterocycles. The molecule has 3 rings (SSSR count). The van der Waals surface area contributed by atoms with E-state index in [1.165, 1.54) is 11.1 Å². The molecule has 1 aromatic carbocycles. The molecule has 0 spiro atoms. The van der Waals surface area contributed by atoms with Crippen molar-refractivity contribution >= 4 is 74.8 Å². The standard InChI is InChI=1S/C10H6Br4N2/c11-5-4-2-1-3-16-9(4)8(15-10(16)14)7(13)6(5)12/h1-3H2. The maximum atomic E-state index is 4.57. The Balaban J connectivity index is 2.57. The van der Waals surface area contributed by atoms with E-state index in [9.17, 15) is 0 Å². The molecule has 0 amide bonds. The van der Waals surface area contributed by atoms with Gasteiger partial charge in [-0.2, -0.15) is 0 Å². The molecule has 0 aliphatic carbocycles. The Labute approximate surface area is 126 Å². The second-order valence-corrected chi connectivity index (χ2v) is 6.84. The van der Waals surface area contributed by atoms with Crippen LogP contribution >= 0.6 is 63.7 Å². The van der Waals surface area contributed by atoms with Gasteiger partial charge in [-0.3, -0.25) is 0 Å². The summed E-state index contributed by atoms with van der Waals surface area (Å²) in [5, 5.41) is 0. The largest absolute Gasteiger partial charge is 0.318 e. The molecule has 0 N–H and O–H groups in total. The van der Waals surface area contributed by atoms with Crippen LogP contribution in [0.4, 0.5) is 0 Å². The number of benzene rings is 1. The molecule has 16 heavy (non-hydrogen) atoms. The Bertz CT molecular complexity index is 603. The van der Waals surface area contributed by atoms with E-state index in [2.05, 4.69) is 73.3 Å². The smallest absolute Gasteiger partial charge is 0.178 e. The number of hydrogen-bond acceptors (Lipinski definition) is 1. The summed E-state index contributed by atoms with van der Waals surface area (Å²) in [7, 11) is 0. The highest BCUT2D eigenvalue weighted by molar-refractivity contribution is 9.14. The first-order chi connectivity index (χ1) is 7.61. The Kier molecular flexibility index (Phi) is 2.97. The van der Waals surface area contributed by atoms with E-state index in [1.54, 1.807) is 0 Å². The fraction of sp³-hybridized carbons (Fsp3) is 0.300. The normalized spacial score (nSPS) is 14.8. The van der Waals surface area contributed by atoms with E-state index in [1.807, 2.05) is 0 Å². The first-order valence-corrected chi connectivity index (χ1v) is 7.99. The van der Waals surface area contributed by atoms with Gasteiger partial charge in [0.05, 0.1) is 9.99 Å². The molecule has 0 saturated carbocycles. The minimum absolute atomic E-state index is 0.911. The van der Waals surface area contributed by atoms with Crippen molar-refractivity contribution in [1.29, 1.82) is 0 Å². The molecule has 84 valence electrons. The summed E-state index contributed by atoms with van der Waals surface area (Å²) < 4.78 is 6.35. The van der Waals surface area contributed by atoms with Crippen molar-refractivity contribution in [3.8, 4) is 0 Å². The minimum Gasteiger partial charge on any atom is -0.318 e. The van der Waals surface area contributed by atoms with Gasteiger partial charge in [-0.05, 0) is 82.1 Å². The summed E-state index contributed by atoms with van der Waals surface area (Å²) >= 11 is 14.4. The topological polar surface area (TPSA) is 17.8 Å². The summed E-state index contributed by atoms with van der Waals surface area (Å²) in [5.74, 6) is 0. The summed E-state index contributed by atoms with van der Waals surface area (Å²) in [6, 6.07) is 0. The predicted molar refractivity (Wildman–Crippen MR) is 78.9 cm³/mol. The van der Waals surface area contributed by atoms with E-state index in [4.69, 9.17) is 0 Å². The van der Waals surface area contributed by atoms with Crippen LogP contribution in [0.5, 0.6) is 0 Å². The first-order valence-electron chi connectivity index (χ1n) is 4.82. The number of halogens is 4. The molecular weight excluding hydrogens is 468 g/mol. The van der Waals surface area contributed by atoms with E-state index in [0.29, 0.717) is 0 Å². The van der Waals surface area contributed by atoms with Crippen LogP contribution in [0.3, 0.4) is 0 Å². The van der Waals surface area contributed by atoms with Gasteiger partial charge in [0.2, 0.25) is 0 Å². The van der Waals surface area contributed by atoms with Crippen LogP contribution in [-0.4, -0.2) is 9.55 Å². The SMILES string of the molecule is Brc1c(Br)c2c3c(nc(Br)n3CCC2)c1Br. The van der Waals surface area contributed by atoms with E-state index < -0.39 is 0 Å². The van der Waals surface area contributed by atoms with Gasteiger partial charge < -0.3 is 4.57 Å². The van der Waals surface area contributed by atoms with Gasteiger partial charge in [-0.25, -0.2) is 4.98 Å². The molecule has 0 atom stereocenters. The highest BCUT2D eigenvalue weighted by Gasteiger charge is 2.23. The fourth-order valence-electron chi connectivity index (χ4n) is 2.17. The fourth-order valence-corrected chi connectivity index (χ4v) is 4.45. The maximum Gasteiger partial charge on any atom is 0.178 e. The van der Waals surface area contributed by atoms with Crippen molar-refractivity contribution < 1.29 is 0 Å². The third kappa shape index (κ3) is 1.49. The van der Waals surface area contributed by atoms with Gasteiger partial charge in [-0.1, -0.05) is 0 Å². The van der Waals surface area contributed by atoms with Crippen LogP contribution < -0.4 is 0 Å². The third-order valence-corrected chi connectivity index (χ3v) is 6.98. The van der Waals surface area contributed by atoms with Gasteiger partial charge in [-0.15, -0.1) is 0 Å². The lowest BCUT2D eigenvalue weighted by Crippen LogP contribution is -2.08. The molecule has 0 radical (unpaired) electrons. The number of imidazole rings is 1. The van der Waals surface area contributed by atoms with Crippen molar-refractivity contribution in [2.75, 3.05) is 0 Å². The Morgan fingerprint density at radius 3 is 2.50 bits per heavy atom. The van der Waals surface area contributed by atoms with Gasteiger partial charge in [0.1, 0.15) is 5.52 Å². The molecule has 0 unspecified atom stereocenters. The van der Waals surface area contributed by atoms with Crippen LogP contribution in [0.25, 0.3) is 11.0 Å². The number of hydrogen-bond donors (Lipinski definition) is 0. The molecule has 2 nitrogen and oxygen atoms in total. The molecular formula is C10H6Br4N2. The van der Waals surface area contributed by atoms with Gasteiger partial charge in [0.15, 0.2) is 4.73 Å². The Morgan fingerprint density at radius 1 is 1.00 bits per heavy atom. The predicted octanol–water partition coefficient (Wildman–Crippen LogP) is 5.03. The van der Waals surface area contributed by atoms with E-state index in [-0.39, 0.29) is 0 Å². The maximum absolute atomic E-state index is 4.57. The summed E-state index contributed by atoms with van der Waals surface area (Å²) in [5.41, 5.74) is 3.60. The van der Waals surface area contributed by atoms with Crippen LogP contribution in [0, 0.1) is 0 Å². The van der Waals surface area contributed by atoms with Gasteiger partial charge in [0, 0.05) is 15.5 Å². The molecule has 0 bridgehead atoms. The monoisotopic (exact) mass is 470 g/mol. The zero-order chi connectivity index (χ0) is 11.4. The van der Waals surface area contributed by atoms with Crippen LogP contribution in [0.1, 0.15) is 12.0 Å². The average molecular weight is 474 g/mol. The minimum atomic E-state index is 0.911. The van der Waals surface area contributed by atoms with E-state index >= 15 is 0 Å². The molecule has 0 saturated heterocycles. The van der Waals surface area contributed by atoms with E-state index in [0.717, 1.165) is 43.1 Å². The lowest BCUT2D eigenvalue weighted by molar-refractivity contribution is 0.620. The summed E-state index contributed by atoms with van der Waals surface area (Å²) in [6.45, 7) is 1.03. The zero-order valence-electron chi connectivity index (χ0n) is 8.03.